The Morgan fingerprint density at radius 3 is 2.90 bits per heavy atom. The fourth-order valence-electron chi connectivity index (χ4n) is 1.36. The molecule has 0 spiro atoms. The third-order valence-electron chi connectivity index (χ3n) is 1.93. The van der Waals surface area contributed by atoms with Crippen molar-refractivity contribution in [3.8, 4) is 0 Å². The molecule has 0 aliphatic carbocycles. The quantitative estimate of drug-likeness (QED) is 0.501. The lowest BCUT2D eigenvalue weighted by Crippen LogP contribution is -2.28. The highest BCUT2D eigenvalue weighted by Crippen LogP contribution is 2.10. The highest BCUT2D eigenvalue weighted by molar-refractivity contribution is 4.76. The molecule has 1 aliphatic rings. The summed E-state index contributed by atoms with van der Waals surface area (Å²) in [6, 6.07) is 0.433. The molecule has 0 bridgehead atoms. The average Bonchev–Trinajstić information content (AvgIpc) is 2.40. The van der Waals surface area contributed by atoms with Crippen LogP contribution in [-0.4, -0.2) is 35.5 Å². The molecule has 1 aliphatic heterocycles. The van der Waals surface area contributed by atoms with Crippen molar-refractivity contribution in [1.29, 1.82) is 0 Å². The van der Waals surface area contributed by atoms with Crippen molar-refractivity contribution >= 4 is 0 Å². The van der Waals surface area contributed by atoms with Crippen LogP contribution in [0.15, 0.2) is 0 Å². The van der Waals surface area contributed by atoms with Gasteiger partial charge in [-0.15, -0.1) is 0 Å². The van der Waals surface area contributed by atoms with Crippen molar-refractivity contribution in [3.63, 3.8) is 0 Å². The lowest BCUT2D eigenvalue weighted by atomic mass is 10.1. The number of aliphatic hydroxyl groups excluding tert-OH is 2. The van der Waals surface area contributed by atoms with Crippen LogP contribution in [-0.2, 0) is 0 Å². The van der Waals surface area contributed by atoms with Gasteiger partial charge in [-0.05, 0) is 25.8 Å². The predicted molar refractivity (Wildman–Crippen MR) is 38.7 cm³/mol. The van der Waals surface area contributed by atoms with E-state index in [4.69, 9.17) is 10.2 Å². The Bertz CT molecular complexity index is 91.6. The van der Waals surface area contributed by atoms with E-state index in [1.807, 2.05) is 0 Å². The normalized spacial score (nSPS) is 28.8. The Hall–Kier alpha value is -0.120. The first kappa shape index (κ1) is 7.98. The van der Waals surface area contributed by atoms with Crippen LogP contribution in [0, 0.1) is 0 Å². The minimum absolute atomic E-state index is 0.113. The van der Waals surface area contributed by atoms with Crippen LogP contribution >= 0.6 is 0 Å². The second-order valence-corrected chi connectivity index (χ2v) is 2.87. The van der Waals surface area contributed by atoms with Crippen molar-refractivity contribution in [3.05, 3.63) is 0 Å². The molecule has 0 amide bonds. The Kier molecular flexibility index (Phi) is 3.12. The maximum atomic E-state index is 9.03. The number of nitrogens with one attached hydrogen (secondary N) is 1. The molecule has 0 saturated carbocycles. The molecule has 1 unspecified atom stereocenters. The number of aliphatic hydroxyl groups is 2. The third-order valence-corrected chi connectivity index (χ3v) is 1.93. The van der Waals surface area contributed by atoms with Crippen LogP contribution < -0.4 is 5.32 Å². The van der Waals surface area contributed by atoms with E-state index >= 15 is 0 Å². The van der Waals surface area contributed by atoms with E-state index in [0.29, 0.717) is 12.5 Å². The van der Waals surface area contributed by atoms with Gasteiger partial charge in [-0.1, -0.05) is 0 Å². The summed E-state index contributed by atoms with van der Waals surface area (Å²) in [5.74, 6) is 0. The summed E-state index contributed by atoms with van der Waals surface area (Å²) in [7, 11) is 0. The molecule has 10 heavy (non-hydrogen) atoms. The molecule has 1 saturated heterocycles. The maximum absolute atomic E-state index is 9.03. The molecule has 0 aromatic rings. The molecular weight excluding hydrogens is 130 g/mol. The fraction of sp³-hybridized carbons (Fsp3) is 1.00. The second-order valence-electron chi connectivity index (χ2n) is 2.87. The largest absolute Gasteiger partial charge is 0.394 e. The van der Waals surface area contributed by atoms with Gasteiger partial charge in [-0.25, -0.2) is 0 Å². The van der Waals surface area contributed by atoms with Gasteiger partial charge in [-0.3, -0.25) is 0 Å². The highest BCUT2D eigenvalue weighted by Gasteiger charge is 2.16. The van der Waals surface area contributed by atoms with Gasteiger partial charge < -0.3 is 15.5 Å². The predicted octanol–water partition coefficient (Wildman–Crippen LogP) is -0.518. The summed E-state index contributed by atoms with van der Waals surface area (Å²) in [6.07, 6.45) is 2.49. The van der Waals surface area contributed by atoms with E-state index in [1.54, 1.807) is 0 Å². The van der Waals surface area contributed by atoms with Gasteiger partial charge in [0.25, 0.3) is 0 Å². The van der Waals surface area contributed by atoms with E-state index in [9.17, 15) is 0 Å². The molecule has 3 heteroatoms. The molecule has 0 radical (unpaired) electrons. The van der Waals surface area contributed by atoms with E-state index in [1.165, 1.54) is 6.42 Å². The molecule has 2 atom stereocenters. The number of rotatable bonds is 3. The Morgan fingerprint density at radius 2 is 2.40 bits per heavy atom. The number of hydrogen-bond donors (Lipinski definition) is 3. The van der Waals surface area contributed by atoms with Crippen molar-refractivity contribution in [1.82, 2.24) is 5.32 Å². The van der Waals surface area contributed by atoms with Gasteiger partial charge in [0, 0.05) is 6.04 Å². The molecule has 1 fully saturated rings. The first-order valence-corrected chi connectivity index (χ1v) is 3.85. The van der Waals surface area contributed by atoms with Crippen LogP contribution in [0.3, 0.4) is 0 Å². The lowest BCUT2D eigenvalue weighted by molar-refractivity contribution is 0.0809. The zero-order chi connectivity index (χ0) is 7.40. The van der Waals surface area contributed by atoms with Gasteiger partial charge >= 0.3 is 0 Å². The molecule has 1 rings (SSSR count). The molecule has 0 aromatic carbocycles. The zero-order valence-electron chi connectivity index (χ0n) is 6.08. The first-order chi connectivity index (χ1) is 4.83. The van der Waals surface area contributed by atoms with Crippen LogP contribution in [0.5, 0.6) is 0 Å². The molecule has 1 heterocycles. The summed E-state index contributed by atoms with van der Waals surface area (Å²) < 4.78 is 0. The topological polar surface area (TPSA) is 52.5 Å². The van der Waals surface area contributed by atoms with E-state index in [2.05, 4.69) is 5.32 Å². The van der Waals surface area contributed by atoms with Crippen molar-refractivity contribution in [2.24, 2.45) is 0 Å². The minimum Gasteiger partial charge on any atom is -0.394 e. The van der Waals surface area contributed by atoms with Gasteiger partial charge in [0.2, 0.25) is 0 Å². The molecule has 3 N–H and O–H groups in total. The lowest BCUT2D eigenvalue weighted by Gasteiger charge is -2.12. The summed E-state index contributed by atoms with van der Waals surface area (Å²) in [5, 5.41) is 20.8. The van der Waals surface area contributed by atoms with Crippen LogP contribution in [0.25, 0.3) is 0 Å². The van der Waals surface area contributed by atoms with E-state index < -0.39 is 6.10 Å². The summed E-state index contributed by atoms with van der Waals surface area (Å²) >= 11 is 0. The summed E-state index contributed by atoms with van der Waals surface area (Å²) in [5.41, 5.74) is 0. The second kappa shape index (κ2) is 3.91. The van der Waals surface area contributed by atoms with E-state index in [0.717, 1.165) is 13.0 Å². The van der Waals surface area contributed by atoms with Gasteiger partial charge in [0.15, 0.2) is 0 Å². The maximum Gasteiger partial charge on any atom is 0.0785 e. The monoisotopic (exact) mass is 145 g/mol. The Balaban J connectivity index is 2.11. The van der Waals surface area contributed by atoms with Crippen molar-refractivity contribution in [2.45, 2.75) is 31.4 Å². The summed E-state index contributed by atoms with van der Waals surface area (Å²) in [6.45, 7) is 0.945. The molecule has 3 nitrogen and oxygen atoms in total. The average molecular weight is 145 g/mol. The molecule has 60 valence electrons. The van der Waals surface area contributed by atoms with E-state index in [-0.39, 0.29) is 6.61 Å². The van der Waals surface area contributed by atoms with Crippen LogP contribution in [0.4, 0.5) is 0 Å². The number of hydrogen-bond acceptors (Lipinski definition) is 3. The highest BCUT2D eigenvalue weighted by atomic mass is 16.3. The zero-order valence-corrected chi connectivity index (χ0v) is 6.08. The van der Waals surface area contributed by atoms with Crippen molar-refractivity contribution < 1.29 is 10.2 Å². The summed E-state index contributed by atoms with van der Waals surface area (Å²) in [4.78, 5) is 0. The van der Waals surface area contributed by atoms with Crippen molar-refractivity contribution in [2.75, 3.05) is 13.2 Å². The minimum atomic E-state index is -0.532. The van der Waals surface area contributed by atoms with Gasteiger partial charge in [-0.2, -0.15) is 0 Å². The SMILES string of the molecule is OC[C@@H](O)CC1CCCN1. The van der Waals surface area contributed by atoms with Gasteiger partial charge in [0.1, 0.15) is 0 Å². The molecular formula is C7H15NO2. The fourth-order valence-corrected chi connectivity index (χ4v) is 1.36. The third kappa shape index (κ3) is 2.25. The van der Waals surface area contributed by atoms with Gasteiger partial charge in [0.05, 0.1) is 12.7 Å². The smallest absolute Gasteiger partial charge is 0.0785 e. The Labute approximate surface area is 61.1 Å². The van der Waals surface area contributed by atoms with Crippen LogP contribution in [0.2, 0.25) is 0 Å². The first-order valence-electron chi connectivity index (χ1n) is 3.85. The van der Waals surface area contributed by atoms with Crippen LogP contribution in [0.1, 0.15) is 19.3 Å². The standard InChI is InChI=1S/C7H15NO2/c9-5-7(10)4-6-2-1-3-8-6/h6-10H,1-5H2/t6?,7-/m0/s1. The molecule has 0 aromatic heterocycles. The Morgan fingerprint density at radius 1 is 1.60 bits per heavy atom.